The largest absolute Gasteiger partial charge is 0.490 e. The van der Waals surface area contributed by atoms with Crippen LogP contribution in [-0.4, -0.2) is 51.0 Å². The molecule has 0 unspecified atom stereocenters. The Labute approximate surface area is 133 Å². The zero-order valence-electron chi connectivity index (χ0n) is 12.5. The molecule has 1 saturated heterocycles. The third kappa shape index (κ3) is 6.38. The molecule has 4 nitrogen and oxygen atoms in total. The smallest absolute Gasteiger partial charge is 0.161 e. The second-order valence-corrected chi connectivity index (χ2v) is 4.58. The van der Waals surface area contributed by atoms with Crippen molar-refractivity contribution in [2.45, 2.75) is 6.92 Å². The molecule has 1 aromatic rings. The molecule has 0 N–H and O–H groups in total. The maximum absolute atomic E-state index is 5.72. The van der Waals surface area contributed by atoms with E-state index >= 15 is 0 Å². The van der Waals surface area contributed by atoms with Crippen molar-refractivity contribution in [1.29, 1.82) is 0 Å². The minimum absolute atomic E-state index is 0. The molecule has 1 aliphatic rings. The van der Waals surface area contributed by atoms with Crippen LogP contribution in [0.1, 0.15) is 6.92 Å². The number of rotatable bonds is 7. The van der Waals surface area contributed by atoms with Crippen LogP contribution in [0.2, 0.25) is 0 Å². The highest BCUT2D eigenvalue weighted by Crippen LogP contribution is 2.26. The lowest BCUT2D eigenvalue weighted by atomic mass is 10.3. The number of halogens is 1. The highest BCUT2D eigenvalue weighted by Gasteiger charge is 2.07. The van der Waals surface area contributed by atoms with Crippen molar-refractivity contribution in [3.8, 4) is 11.5 Å². The van der Waals surface area contributed by atoms with E-state index in [0.717, 1.165) is 44.3 Å². The molecule has 0 aliphatic carbocycles. The normalized spacial score (nSPS) is 15.7. The molecule has 5 heteroatoms. The van der Waals surface area contributed by atoms with Crippen molar-refractivity contribution in [1.82, 2.24) is 4.90 Å². The second kappa shape index (κ2) is 10.5. The zero-order valence-corrected chi connectivity index (χ0v) is 13.3. The quantitative estimate of drug-likeness (QED) is 0.724. The van der Waals surface area contributed by atoms with Gasteiger partial charge in [-0.15, -0.1) is 12.4 Å². The zero-order chi connectivity index (χ0) is 14.0. The van der Waals surface area contributed by atoms with Gasteiger partial charge in [-0.1, -0.05) is 24.3 Å². The topological polar surface area (TPSA) is 30.9 Å². The van der Waals surface area contributed by atoms with Crippen LogP contribution < -0.4 is 9.47 Å². The van der Waals surface area contributed by atoms with Gasteiger partial charge in [-0.2, -0.15) is 0 Å². The van der Waals surface area contributed by atoms with Gasteiger partial charge in [0.15, 0.2) is 11.5 Å². The lowest BCUT2D eigenvalue weighted by molar-refractivity contribution is 0.0434. The Morgan fingerprint density at radius 2 is 1.76 bits per heavy atom. The third-order valence-electron chi connectivity index (χ3n) is 3.12. The molecule has 0 aromatic heterocycles. The summed E-state index contributed by atoms with van der Waals surface area (Å²) in [6, 6.07) is 7.76. The first kappa shape index (κ1) is 17.8. The molecule has 2 rings (SSSR count). The molecule has 0 saturated carbocycles. The highest BCUT2D eigenvalue weighted by atomic mass is 35.5. The van der Waals surface area contributed by atoms with Crippen LogP contribution in [0.15, 0.2) is 36.4 Å². The predicted octanol–water partition coefficient (Wildman–Crippen LogP) is 2.77. The summed E-state index contributed by atoms with van der Waals surface area (Å²) in [6.45, 7) is 7.84. The molecular formula is C16H24ClNO3. The summed E-state index contributed by atoms with van der Waals surface area (Å²) in [4.78, 5) is 2.37. The van der Waals surface area contributed by atoms with Crippen molar-refractivity contribution in [2.75, 3.05) is 46.1 Å². The Balaban J connectivity index is 0.00000220. The molecule has 21 heavy (non-hydrogen) atoms. The van der Waals surface area contributed by atoms with Crippen LogP contribution in [0.3, 0.4) is 0 Å². The minimum Gasteiger partial charge on any atom is -0.490 e. The van der Waals surface area contributed by atoms with Crippen molar-refractivity contribution >= 4 is 12.4 Å². The van der Waals surface area contributed by atoms with Crippen molar-refractivity contribution in [3.05, 3.63) is 36.4 Å². The predicted molar refractivity (Wildman–Crippen MR) is 86.8 cm³/mol. The molecule has 0 radical (unpaired) electrons. The minimum atomic E-state index is 0. The van der Waals surface area contributed by atoms with Crippen molar-refractivity contribution in [3.63, 3.8) is 0 Å². The average Bonchev–Trinajstić information content (AvgIpc) is 2.50. The highest BCUT2D eigenvalue weighted by molar-refractivity contribution is 5.85. The van der Waals surface area contributed by atoms with E-state index in [2.05, 4.69) is 17.1 Å². The molecule has 1 aliphatic heterocycles. The van der Waals surface area contributed by atoms with Gasteiger partial charge in [0.1, 0.15) is 6.61 Å². The van der Waals surface area contributed by atoms with Gasteiger partial charge >= 0.3 is 0 Å². The number of hydrogen-bond donors (Lipinski definition) is 0. The summed E-state index contributed by atoms with van der Waals surface area (Å²) >= 11 is 0. The van der Waals surface area contributed by atoms with Crippen molar-refractivity contribution < 1.29 is 14.2 Å². The van der Waals surface area contributed by atoms with Gasteiger partial charge in [0.25, 0.3) is 0 Å². The summed E-state index contributed by atoms with van der Waals surface area (Å²) < 4.78 is 16.6. The van der Waals surface area contributed by atoms with E-state index in [4.69, 9.17) is 14.2 Å². The van der Waals surface area contributed by atoms with Gasteiger partial charge < -0.3 is 14.2 Å². The van der Waals surface area contributed by atoms with E-state index in [1.165, 1.54) is 0 Å². The lowest BCUT2D eigenvalue weighted by Crippen LogP contribution is -2.36. The van der Waals surface area contributed by atoms with E-state index in [0.29, 0.717) is 13.2 Å². The molecule has 0 spiro atoms. The van der Waals surface area contributed by atoms with Gasteiger partial charge in [-0.3, -0.25) is 4.90 Å². The monoisotopic (exact) mass is 313 g/mol. The van der Waals surface area contributed by atoms with E-state index in [9.17, 15) is 0 Å². The van der Waals surface area contributed by atoms with Crippen LogP contribution in [0.4, 0.5) is 0 Å². The van der Waals surface area contributed by atoms with Gasteiger partial charge in [0.2, 0.25) is 0 Å². The molecule has 0 atom stereocenters. The van der Waals surface area contributed by atoms with E-state index in [-0.39, 0.29) is 12.4 Å². The van der Waals surface area contributed by atoms with Gasteiger partial charge in [0.05, 0.1) is 19.8 Å². The SMILES string of the molecule is CCOc1ccccc1OCC=CCN1CCOCC1.Cl. The molecular weight excluding hydrogens is 290 g/mol. The van der Waals surface area contributed by atoms with Crippen LogP contribution in [0.5, 0.6) is 11.5 Å². The molecule has 1 heterocycles. The summed E-state index contributed by atoms with van der Waals surface area (Å²) in [7, 11) is 0. The maximum Gasteiger partial charge on any atom is 0.161 e. The van der Waals surface area contributed by atoms with Crippen molar-refractivity contribution in [2.24, 2.45) is 0 Å². The summed E-state index contributed by atoms with van der Waals surface area (Å²) in [5, 5.41) is 0. The van der Waals surface area contributed by atoms with E-state index in [1.807, 2.05) is 31.2 Å². The van der Waals surface area contributed by atoms with Crippen LogP contribution >= 0.6 is 12.4 Å². The van der Waals surface area contributed by atoms with Crippen LogP contribution in [-0.2, 0) is 4.74 Å². The van der Waals surface area contributed by atoms with E-state index < -0.39 is 0 Å². The van der Waals surface area contributed by atoms with Gasteiger partial charge in [-0.25, -0.2) is 0 Å². The molecule has 0 bridgehead atoms. The fourth-order valence-electron chi connectivity index (χ4n) is 2.06. The Morgan fingerprint density at radius 1 is 1.10 bits per heavy atom. The van der Waals surface area contributed by atoms with Crippen LogP contribution in [0, 0.1) is 0 Å². The first-order valence-electron chi connectivity index (χ1n) is 7.20. The fraction of sp³-hybridized carbons (Fsp3) is 0.500. The summed E-state index contributed by atoms with van der Waals surface area (Å²) in [5.74, 6) is 1.60. The Hall–Kier alpha value is -1.23. The first-order valence-corrected chi connectivity index (χ1v) is 7.20. The molecule has 1 aromatic carbocycles. The second-order valence-electron chi connectivity index (χ2n) is 4.58. The maximum atomic E-state index is 5.72. The fourth-order valence-corrected chi connectivity index (χ4v) is 2.06. The number of para-hydroxylation sites is 2. The Kier molecular flexibility index (Phi) is 8.90. The molecule has 1 fully saturated rings. The number of morpholine rings is 1. The molecule has 0 amide bonds. The van der Waals surface area contributed by atoms with Gasteiger partial charge in [-0.05, 0) is 19.1 Å². The van der Waals surface area contributed by atoms with Crippen LogP contribution in [0.25, 0.3) is 0 Å². The number of hydrogen-bond acceptors (Lipinski definition) is 4. The van der Waals surface area contributed by atoms with Gasteiger partial charge in [0, 0.05) is 19.6 Å². The lowest BCUT2D eigenvalue weighted by Gasteiger charge is -2.25. The number of ether oxygens (including phenoxy) is 3. The standard InChI is InChI=1S/C16H23NO3.ClH/c1-2-19-15-7-3-4-8-16(15)20-12-6-5-9-17-10-13-18-14-11-17;/h3-8H,2,9-14H2,1H3;1H. The summed E-state index contributed by atoms with van der Waals surface area (Å²) in [6.07, 6.45) is 4.20. The average molecular weight is 314 g/mol. The first-order chi connectivity index (χ1) is 9.90. The molecule has 118 valence electrons. The Morgan fingerprint density at radius 3 is 2.43 bits per heavy atom. The number of benzene rings is 1. The third-order valence-corrected chi connectivity index (χ3v) is 3.12. The van der Waals surface area contributed by atoms with E-state index in [1.54, 1.807) is 0 Å². The number of nitrogens with zero attached hydrogens (tertiary/aromatic N) is 1. The summed E-state index contributed by atoms with van der Waals surface area (Å²) in [5.41, 5.74) is 0. The Bertz CT molecular complexity index is 420.